The fourth-order valence-corrected chi connectivity index (χ4v) is 2.03. The van der Waals surface area contributed by atoms with Gasteiger partial charge in [0.25, 0.3) is 0 Å². The maximum absolute atomic E-state index is 6.00. The molecule has 0 aliphatic heterocycles. The van der Waals surface area contributed by atoms with Crippen molar-refractivity contribution in [2.75, 3.05) is 0 Å². The third kappa shape index (κ3) is 1.57. The number of imidazole rings is 1. The molecule has 0 aliphatic carbocycles. The second-order valence-corrected chi connectivity index (χ2v) is 4.02. The molecule has 0 spiro atoms. The van der Waals surface area contributed by atoms with Crippen molar-refractivity contribution in [3.63, 3.8) is 0 Å². The molecule has 0 atom stereocenters. The fourth-order valence-electron chi connectivity index (χ4n) is 1.86. The van der Waals surface area contributed by atoms with E-state index in [0.29, 0.717) is 10.7 Å². The summed E-state index contributed by atoms with van der Waals surface area (Å²) in [5, 5.41) is 0.382. The summed E-state index contributed by atoms with van der Waals surface area (Å²) in [5.74, 6) is 0.841. The standard InChI is InChI=1S/C12H9ClN4/c1-8-16-10-11(13)14-7-15-12(10)17(8)9-5-3-2-4-6-9/h2-7H,1H3. The summed E-state index contributed by atoms with van der Waals surface area (Å²) in [6.07, 6.45) is 1.45. The summed E-state index contributed by atoms with van der Waals surface area (Å²) in [7, 11) is 0. The van der Waals surface area contributed by atoms with E-state index in [1.807, 2.05) is 41.8 Å². The van der Waals surface area contributed by atoms with E-state index in [9.17, 15) is 0 Å². The molecule has 0 fully saturated rings. The Balaban J connectivity index is 2.37. The van der Waals surface area contributed by atoms with Crippen LogP contribution in [0.15, 0.2) is 36.7 Å². The normalized spacial score (nSPS) is 10.9. The third-order valence-electron chi connectivity index (χ3n) is 2.58. The molecular weight excluding hydrogens is 236 g/mol. The molecule has 0 bridgehead atoms. The lowest BCUT2D eigenvalue weighted by atomic mass is 10.3. The van der Waals surface area contributed by atoms with Crippen LogP contribution in [0.3, 0.4) is 0 Å². The average Bonchev–Trinajstić information content (AvgIpc) is 2.68. The molecule has 5 heteroatoms. The molecule has 2 aromatic heterocycles. The van der Waals surface area contributed by atoms with Crippen molar-refractivity contribution in [3.8, 4) is 5.69 Å². The predicted octanol–water partition coefficient (Wildman–Crippen LogP) is 2.78. The highest BCUT2D eigenvalue weighted by molar-refractivity contribution is 6.33. The SMILES string of the molecule is Cc1nc2c(Cl)ncnc2n1-c1ccccc1. The number of nitrogens with zero attached hydrogens (tertiary/aromatic N) is 4. The molecule has 0 amide bonds. The van der Waals surface area contributed by atoms with Crippen molar-refractivity contribution >= 4 is 22.8 Å². The number of hydrogen-bond acceptors (Lipinski definition) is 3. The maximum Gasteiger partial charge on any atom is 0.169 e. The van der Waals surface area contributed by atoms with Crippen molar-refractivity contribution in [1.29, 1.82) is 0 Å². The highest BCUT2D eigenvalue weighted by Gasteiger charge is 2.12. The summed E-state index contributed by atoms with van der Waals surface area (Å²) in [6.45, 7) is 1.92. The van der Waals surface area contributed by atoms with Crippen LogP contribution in [0.1, 0.15) is 5.82 Å². The van der Waals surface area contributed by atoms with Gasteiger partial charge in [-0.05, 0) is 19.1 Å². The first kappa shape index (κ1) is 10.2. The van der Waals surface area contributed by atoms with Gasteiger partial charge in [-0.2, -0.15) is 0 Å². The van der Waals surface area contributed by atoms with Crippen molar-refractivity contribution < 1.29 is 0 Å². The van der Waals surface area contributed by atoms with Crippen LogP contribution in [0.4, 0.5) is 0 Å². The molecule has 0 unspecified atom stereocenters. The number of hydrogen-bond donors (Lipinski definition) is 0. The minimum absolute atomic E-state index is 0.382. The van der Waals surface area contributed by atoms with Crippen molar-refractivity contribution in [2.24, 2.45) is 0 Å². The van der Waals surface area contributed by atoms with E-state index in [4.69, 9.17) is 11.6 Å². The number of aromatic nitrogens is 4. The second kappa shape index (κ2) is 3.82. The molecule has 17 heavy (non-hydrogen) atoms. The maximum atomic E-state index is 6.00. The highest BCUT2D eigenvalue weighted by Crippen LogP contribution is 2.22. The van der Waals surface area contributed by atoms with Gasteiger partial charge in [-0.3, -0.25) is 4.57 Å². The predicted molar refractivity (Wildman–Crippen MR) is 66.4 cm³/mol. The number of aryl methyl sites for hydroxylation is 1. The van der Waals surface area contributed by atoms with Crippen LogP contribution in [0.2, 0.25) is 5.15 Å². The number of rotatable bonds is 1. The first-order chi connectivity index (χ1) is 8.27. The highest BCUT2D eigenvalue weighted by atomic mass is 35.5. The zero-order valence-electron chi connectivity index (χ0n) is 9.13. The monoisotopic (exact) mass is 244 g/mol. The topological polar surface area (TPSA) is 43.6 Å². The Hall–Kier alpha value is -1.94. The summed E-state index contributed by atoms with van der Waals surface area (Å²) in [4.78, 5) is 12.6. The average molecular weight is 245 g/mol. The lowest BCUT2D eigenvalue weighted by Crippen LogP contribution is -1.97. The van der Waals surface area contributed by atoms with E-state index in [-0.39, 0.29) is 0 Å². The van der Waals surface area contributed by atoms with Crippen LogP contribution >= 0.6 is 11.6 Å². The molecule has 0 N–H and O–H groups in total. The zero-order chi connectivity index (χ0) is 11.8. The van der Waals surface area contributed by atoms with E-state index in [0.717, 1.165) is 17.2 Å². The first-order valence-corrected chi connectivity index (χ1v) is 5.56. The Morgan fingerprint density at radius 1 is 1.12 bits per heavy atom. The number of fused-ring (bicyclic) bond motifs is 1. The van der Waals surface area contributed by atoms with Crippen molar-refractivity contribution in [1.82, 2.24) is 19.5 Å². The van der Waals surface area contributed by atoms with Crippen LogP contribution in [0.5, 0.6) is 0 Å². The van der Waals surface area contributed by atoms with Crippen molar-refractivity contribution in [2.45, 2.75) is 6.92 Å². The van der Waals surface area contributed by atoms with Crippen LogP contribution in [-0.4, -0.2) is 19.5 Å². The Kier molecular flexibility index (Phi) is 2.30. The molecular formula is C12H9ClN4. The Morgan fingerprint density at radius 2 is 1.88 bits per heavy atom. The van der Waals surface area contributed by atoms with Gasteiger partial charge in [0.2, 0.25) is 0 Å². The molecule has 0 aliphatic rings. The summed E-state index contributed by atoms with van der Waals surface area (Å²) in [5.41, 5.74) is 2.38. The molecule has 84 valence electrons. The molecule has 0 saturated carbocycles. The molecule has 2 heterocycles. The Morgan fingerprint density at radius 3 is 2.65 bits per heavy atom. The Labute approximate surface area is 103 Å². The number of benzene rings is 1. The van der Waals surface area contributed by atoms with E-state index in [1.54, 1.807) is 0 Å². The van der Waals surface area contributed by atoms with Crippen molar-refractivity contribution in [3.05, 3.63) is 47.6 Å². The smallest absolute Gasteiger partial charge is 0.169 e. The summed E-state index contributed by atoms with van der Waals surface area (Å²) < 4.78 is 1.96. The van der Waals surface area contributed by atoms with Gasteiger partial charge < -0.3 is 0 Å². The molecule has 1 aromatic carbocycles. The quantitative estimate of drug-likeness (QED) is 0.618. The van der Waals surface area contributed by atoms with E-state index < -0.39 is 0 Å². The lowest BCUT2D eigenvalue weighted by Gasteiger charge is -2.04. The second-order valence-electron chi connectivity index (χ2n) is 3.67. The van der Waals surface area contributed by atoms with Crippen LogP contribution in [0, 0.1) is 6.92 Å². The van der Waals surface area contributed by atoms with Gasteiger partial charge in [-0.15, -0.1) is 0 Å². The number of halogens is 1. The van der Waals surface area contributed by atoms with E-state index in [2.05, 4.69) is 15.0 Å². The zero-order valence-corrected chi connectivity index (χ0v) is 9.89. The van der Waals surface area contributed by atoms with Gasteiger partial charge in [0.05, 0.1) is 0 Å². The van der Waals surface area contributed by atoms with Gasteiger partial charge in [0.15, 0.2) is 10.8 Å². The molecule has 4 nitrogen and oxygen atoms in total. The molecule has 0 radical (unpaired) electrons. The number of para-hydroxylation sites is 1. The minimum atomic E-state index is 0.382. The molecule has 3 aromatic rings. The van der Waals surface area contributed by atoms with E-state index >= 15 is 0 Å². The first-order valence-electron chi connectivity index (χ1n) is 5.18. The summed E-state index contributed by atoms with van der Waals surface area (Å²) in [6, 6.07) is 9.93. The lowest BCUT2D eigenvalue weighted by molar-refractivity contribution is 0.985. The van der Waals surface area contributed by atoms with Crippen LogP contribution in [0.25, 0.3) is 16.9 Å². The van der Waals surface area contributed by atoms with Crippen LogP contribution in [-0.2, 0) is 0 Å². The van der Waals surface area contributed by atoms with Gasteiger partial charge >= 0.3 is 0 Å². The van der Waals surface area contributed by atoms with E-state index in [1.165, 1.54) is 6.33 Å². The fraction of sp³-hybridized carbons (Fsp3) is 0.0833. The summed E-state index contributed by atoms with van der Waals surface area (Å²) >= 11 is 6.00. The Bertz CT molecular complexity index is 676. The molecule has 0 saturated heterocycles. The van der Waals surface area contributed by atoms with Crippen LogP contribution < -0.4 is 0 Å². The molecule has 3 rings (SSSR count). The van der Waals surface area contributed by atoms with Gasteiger partial charge in [-0.1, -0.05) is 29.8 Å². The third-order valence-corrected chi connectivity index (χ3v) is 2.86. The largest absolute Gasteiger partial charge is 0.281 e. The van der Waals surface area contributed by atoms with Gasteiger partial charge in [0, 0.05) is 5.69 Å². The minimum Gasteiger partial charge on any atom is -0.281 e. The van der Waals surface area contributed by atoms with Gasteiger partial charge in [0.1, 0.15) is 17.7 Å². The van der Waals surface area contributed by atoms with Gasteiger partial charge in [-0.25, -0.2) is 15.0 Å².